The number of halogens is 3. The molecule has 1 N–H and O–H groups in total. The van der Waals surface area contributed by atoms with Gasteiger partial charge in [-0.2, -0.15) is 0 Å². The van der Waals surface area contributed by atoms with Crippen LogP contribution < -0.4 is 4.74 Å². The van der Waals surface area contributed by atoms with E-state index in [-0.39, 0.29) is 6.10 Å². The van der Waals surface area contributed by atoms with Gasteiger partial charge in [-0.1, -0.05) is 40.9 Å². The molecule has 1 aliphatic heterocycles. The fraction of sp³-hybridized carbons (Fsp3) is 0.200. The van der Waals surface area contributed by atoms with Crippen LogP contribution in [-0.4, -0.2) is 5.11 Å². The molecule has 2 aromatic rings. The predicted octanol–water partition coefficient (Wildman–Crippen LogP) is 5.20. The first-order valence-corrected chi connectivity index (χ1v) is 7.27. The first-order valence-electron chi connectivity index (χ1n) is 6.13. The van der Waals surface area contributed by atoms with E-state index >= 15 is 0 Å². The fourth-order valence-corrected chi connectivity index (χ4v) is 3.08. The van der Waals surface area contributed by atoms with Crippen molar-refractivity contribution in [1.29, 1.82) is 0 Å². The van der Waals surface area contributed by atoms with Crippen LogP contribution in [0.2, 0.25) is 15.1 Å². The smallest absolute Gasteiger partial charge is 0.128 e. The van der Waals surface area contributed by atoms with E-state index in [1.54, 1.807) is 30.3 Å². The number of hydrogen-bond acceptors (Lipinski definition) is 2. The third kappa shape index (κ3) is 2.61. The van der Waals surface area contributed by atoms with Crippen LogP contribution >= 0.6 is 34.8 Å². The summed E-state index contributed by atoms with van der Waals surface area (Å²) in [7, 11) is 0. The predicted molar refractivity (Wildman–Crippen MR) is 80.9 cm³/mol. The highest BCUT2D eigenvalue weighted by molar-refractivity contribution is 6.35. The maximum atomic E-state index is 10.3. The molecule has 0 saturated heterocycles. The van der Waals surface area contributed by atoms with Gasteiger partial charge >= 0.3 is 0 Å². The zero-order valence-corrected chi connectivity index (χ0v) is 12.6. The number of aliphatic hydroxyl groups is 1. The summed E-state index contributed by atoms with van der Waals surface area (Å²) >= 11 is 18.0. The van der Waals surface area contributed by atoms with Crippen molar-refractivity contribution < 1.29 is 9.84 Å². The van der Waals surface area contributed by atoms with Crippen molar-refractivity contribution in [2.24, 2.45) is 0 Å². The first-order chi connectivity index (χ1) is 9.54. The van der Waals surface area contributed by atoms with Gasteiger partial charge in [0.2, 0.25) is 0 Å². The van der Waals surface area contributed by atoms with Gasteiger partial charge in [0.25, 0.3) is 0 Å². The number of ether oxygens (including phenoxy) is 1. The highest BCUT2D eigenvalue weighted by Crippen LogP contribution is 2.43. The van der Waals surface area contributed by atoms with Crippen LogP contribution in [0.1, 0.15) is 29.8 Å². The van der Waals surface area contributed by atoms with E-state index in [1.807, 2.05) is 6.07 Å². The Morgan fingerprint density at radius 1 is 0.950 bits per heavy atom. The molecule has 0 aliphatic carbocycles. The minimum Gasteiger partial charge on any atom is -0.485 e. The van der Waals surface area contributed by atoms with Gasteiger partial charge in [0.1, 0.15) is 11.9 Å². The molecule has 0 bridgehead atoms. The van der Waals surface area contributed by atoms with Gasteiger partial charge in [0, 0.05) is 32.6 Å². The molecule has 3 rings (SSSR count). The average Bonchev–Trinajstić information content (AvgIpc) is 2.39. The Balaban J connectivity index is 1.97. The van der Waals surface area contributed by atoms with Crippen LogP contribution in [0.4, 0.5) is 0 Å². The lowest BCUT2D eigenvalue weighted by atomic mass is 9.95. The minimum atomic E-state index is -0.630. The summed E-state index contributed by atoms with van der Waals surface area (Å²) in [6, 6.07) is 10.5. The molecule has 0 fully saturated rings. The molecule has 1 aliphatic rings. The maximum absolute atomic E-state index is 10.3. The monoisotopic (exact) mass is 328 g/mol. The van der Waals surface area contributed by atoms with Crippen LogP contribution in [0.15, 0.2) is 36.4 Å². The van der Waals surface area contributed by atoms with Crippen molar-refractivity contribution >= 4 is 34.8 Å². The molecule has 2 aromatic carbocycles. The van der Waals surface area contributed by atoms with E-state index in [4.69, 9.17) is 39.5 Å². The zero-order chi connectivity index (χ0) is 14.3. The molecule has 0 spiro atoms. The number of fused-ring (bicyclic) bond motifs is 1. The van der Waals surface area contributed by atoms with Gasteiger partial charge in [-0.25, -0.2) is 0 Å². The van der Waals surface area contributed by atoms with Crippen molar-refractivity contribution in [2.75, 3.05) is 0 Å². The lowest BCUT2D eigenvalue weighted by molar-refractivity contribution is 0.0658. The van der Waals surface area contributed by atoms with Crippen LogP contribution in [0.3, 0.4) is 0 Å². The lowest BCUT2D eigenvalue weighted by Crippen LogP contribution is -2.19. The van der Waals surface area contributed by atoms with Gasteiger partial charge in [-0.15, -0.1) is 0 Å². The Hall–Kier alpha value is -0.930. The maximum Gasteiger partial charge on any atom is 0.128 e. The number of benzene rings is 2. The van der Waals surface area contributed by atoms with Crippen molar-refractivity contribution in [1.82, 2.24) is 0 Å². The summed E-state index contributed by atoms with van der Waals surface area (Å²) < 4.78 is 5.92. The van der Waals surface area contributed by atoms with E-state index in [2.05, 4.69) is 0 Å². The summed E-state index contributed by atoms with van der Waals surface area (Å²) in [5, 5.41) is 11.9. The largest absolute Gasteiger partial charge is 0.485 e. The summed E-state index contributed by atoms with van der Waals surface area (Å²) in [6.45, 7) is 0. The molecule has 2 nitrogen and oxygen atoms in total. The average molecular weight is 330 g/mol. The van der Waals surface area contributed by atoms with Crippen LogP contribution in [0.5, 0.6) is 5.75 Å². The van der Waals surface area contributed by atoms with Gasteiger partial charge in [0.05, 0.1) is 6.10 Å². The third-order valence-electron chi connectivity index (χ3n) is 3.35. The van der Waals surface area contributed by atoms with Gasteiger partial charge < -0.3 is 9.84 Å². The van der Waals surface area contributed by atoms with Gasteiger partial charge in [-0.3, -0.25) is 0 Å². The topological polar surface area (TPSA) is 29.5 Å². The Labute approximate surface area is 131 Å². The molecule has 0 saturated carbocycles. The van der Waals surface area contributed by atoms with Crippen molar-refractivity contribution in [2.45, 2.75) is 18.6 Å². The molecule has 0 amide bonds. The Bertz CT molecular complexity index is 658. The lowest BCUT2D eigenvalue weighted by Gasteiger charge is -2.30. The van der Waals surface area contributed by atoms with Crippen LogP contribution in [0.25, 0.3) is 0 Å². The number of aliphatic hydroxyl groups excluding tert-OH is 1. The second-order valence-corrected chi connectivity index (χ2v) is 5.99. The fourth-order valence-electron chi connectivity index (χ4n) is 2.37. The highest BCUT2D eigenvalue weighted by Gasteiger charge is 2.29. The molecule has 0 radical (unpaired) electrons. The van der Waals surface area contributed by atoms with E-state index in [9.17, 15) is 5.11 Å². The summed E-state index contributed by atoms with van der Waals surface area (Å²) in [5.74, 6) is 0.629. The second kappa shape index (κ2) is 5.45. The summed E-state index contributed by atoms with van der Waals surface area (Å²) in [6.07, 6.45) is -0.507. The van der Waals surface area contributed by atoms with E-state index < -0.39 is 6.10 Å². The van der Waals surface area contributed by atoms with Gasteiger partial charge in [-0.05, 0) is 30.3 Å². The third-order valence-corrected chi connectivity index (χ3v) is 4.14. The SMILES string of the molecule is OC1CC(c2ccc(Cl)cc2Cl)Oc2ccc(Cl)cc21. The van der Waals surface area contributed by atoms with E-state index in [0.29, 0.717) is 32.8 Å². The molecule has 104 valence electrons. The Morgan fingerprint density at radius 3 is 2.40 bits per heavy atom. The number of hydrogen-bond donors (Lipinski definition) is 1. The molecule has 20 heavy (non-hydrogen) atoms. The van der Waals surface area contributed by atoms with E-state index in [1.165, 1.54) is 0 Å². The summed E-state index contributed by atoms with van der Waals surface area (Å²) in [4.78, 5) is 0. The van der Waals surface area contributed by atoms with Gasteiger partial charge in [0.15, 0.2) is 0 Å². The minimum absolute atomic E-state index is 0.302. The first kappa shape index (κ1) is 14.0. The zero-order valence-electron chi connectivity index (χ0n) is 10.3. The van der Waals surface area contributed by atoms with Crippen molar-refractivity contribution in [3.05, 3.63) is 62.6 Å². The molecule has 2 atom stereocenters. The van der Waals surface area contributed by atoms with Crippen molar-refractivity contribution in [3.63, 3.8) is 0 Å². The molecule has 0 aromatic heterocycles. The standard InChI is InChI=1S/C15H11Cl3O2/c16-8-2-4-14-11(5-8)13(19)7-15(20-14)10-3-1-9(17)6-12(10)18/h1-6,13,15,19H,7H2. The normalized spacial score (nSPS) is 21.2. The van der Waals surface area contributed by atoms with Crippen LogP contribution in [0, 0.1) is 0 Å². The highest BCUT2D eigenvalue weighted by atomic mass is 35.5. The molecular weight excluding hydrogens is 319 g/mol. The molecule has 1 heterocycles. The molecular formula is C15H11Cl3O2. The Morgan fingerprint density at radius 2 is 1.65 bits per heavy atom. The Kier molecular flexibility index (Phi) is 3.83. The quantitative estimate of drug-likeness (QED) is 0.779. The summed E-state index contributed by atoms with van der Waals surface area (Å²) in [5.41, 5.74) is 1.52. The molecule has 2 unspecified atom stereocenters. The van der Waals surface area contributed by atoms with Crippen molar-refractivity contribution in [3.8, 4) is 5.75 Å². The number of rotatable bonds is 1. The second-order valence-electron chi connectivity index (χ2n) is 4.71. The van der Waals surface area contributed by atoms with E-state index in [0.717, 1.165) is 5.56 Å². The van der Waals surface area contributed by atoms with Crippen LogP contribution in [-0.2, 0) is 0 Å². The molecule has 5 heteroatoms.